The van der Waals surface area contributed by atoms with Gasteiger partial charge in [-0.05, 0) is 58.5 Å². The van der Waals surface area contributed by atoms with Crippen LogP contribution in [0.25, 0.3) is 33.4 Å². The van der Waals surface area contributed by atoms with Crippen molar-refractivity contribution in [1.29, 1.82) is 5.26 Å². The highest BCUT2D eigenvalue weighted by Gasteiger charge is 2.45. The number of rotatable bonds is 5. The van der Waals surface area contributed by atoms with Crippen LogP contribution in [-0.4, -0.2) is 71.1 Å². The molecule has 4 heterocycles. The number of nitrogens with one attached hydrogen (secondary N) is 1. The van der Waals surface area contributed by atoms with Crippen molar-refractivity contribution in [3.63, 3.8) is 0 Å². The number of nitrogens with zero attached hydrogens (tertiary/aromatic N) is 4. The Labute approximate surface area is 245 Å². The first kappa shape index (κ1) is 27.6. The first-order valence-electron chi connectivity index (χ1n) is 14.3. The summed E-state index contributed by atoms with van der Waals surface area (Å²) >= 11 is 0. The van der Waals surface area contributed by atoms with Gasteiger partial charge in [0.15, 0.2) is 0 Å². The van der Waals surface area contributed by atoms with E-state index in [0.29, 0.717) is 24.3 Å². The standard InChI is InChI=1S/C33H35N5O4/c1-33(2,3)30-29(11-13-38(30)32(39)40)42-28-9-6-22(18-23(28)20-34)25-10-12-35-31-26(25)19-27(36-31)21-4-7-24(8-5-21)37-14-16-41-17-15-37/h4-10,12,18-19,29-30H,11,13-17H2,1-3H3,(H,35,36)(H,39,40)/t29?,30-/m0/s1. The van der Waals surface area contributed by atoms with Crippen LogP contribution in [0.15, 0.2) is 60.8 Å². The molecule has 2 aliphatic heterocycles. The van der Waals surface area contributed by atoms with Crippen LogP contribution in [0.1, 0.15) is 32.8 Å². The number of amides is 1. The SMILES string of the molecule is CC(C)(C)[C@@H]1C(Oc2ccc(-c3ccnc4[nH]c(-c5ccc(N6CCOCC6)cc5)cc34)cc2C#N)CCN1C(=O)O. The second-order valence-electron chi connectivity index (χ2n) is 12.0. The smallest absolute Gasteiger partial charge is 0.407 e. The Balaban J connectivity index is 1.28. The average molecular weight is 566 g/mol. The highest BCUT2D eigenvalue weighted by Crippen LogP contribution is 2.38. The van der Waals surface area contributed by atoms with E-state index >= 15 is 0 Å². The number of ether oxygens (including phenoxy) is 2. The Bertz CT molecular complexity index is 1640. The minimum absolute atomic E-state index is 0.316. The zero-order valence-electron chi connectivity index (χ0n) is 24.1. The molecule has 9 nitrogen and oxygen atoms in total. The number of nitriles is 1. The molecule has 6 rings (SSSR count). The van der Waals surface area contributed by atoms with Crippen molar-refractivity contribution in [2.45, 2.75) is 39.3 Å². The molecule has 0 bridgehead atoms. The predicted molar refractivity (Wildman–Crippen MR) is 162 cm³/mol. The van der Waals surface area contributed by atoms with Crippen LogP contribution in [0.3, 0.4) is 0 Å². The van der Waals surface area contributed by atoms with Crippen molar-refractivity contribution >= 4 is 22.8 Å². The van der Waals surface area contributed by atoms with Crippen molar-refractivity contribution < 1.29 is 19.4 Å². The van der Waals surface area contributed by atoms with Gasteiger partial charge in [0.1, 0.15) is 23.6 Å². The van der Waals surface area contributed by atoms with Gasteiger partial charge in [0.05, 0.1) is 24.8 Å². The molecule has 2 saturated heterocycles. The summed E-state index contributed by atoms with van der Waals surface area (Å²) in [4.78, 5) is 23.7. The van der Waals surface area contributed by atoms with E-state index < -0.39 is 6.09 Å². The molecule has 2 aromatic carbocycles. The van der Waals surface area contributed by atoms with Gasteiger partial charge < -0.3 is 29.4 Å². The number of aromatic amines is 1. The maximum absolute atomic E-state index is 11.9. The molecule has 1 amide bonds. The normalized spacial score (nSPS) is 19.2. The molecule has 2 N–H and O–H groups in total. The molecule has 0 radical (unpaired) electrons. The summed E-state index contributed by atoms with van der Waals surface area (Å²) in [7, 11) is 0. The van der Waals surface area contributed by atoms with E-state index in [2.05, 4.69) is 51.3 Å². The first-order chi connectivity index (χ1) is 20.2. The molecular weight excluding hydrogens is 530 g/mol. The summed E-state index contributed by atoms with van der Waals surface area (Å²) in [6.07, 6.45) is 1.06. The predicted octanol–water partition coefficient (Wildman–Crippen LogP) is 6.15. The number of aromatic nitrogens is 2. The number of benzene rings is 2. The van der Waals surface area contributed by atoms with Crippen molar-refractivity contribution in [3.05, 3.63) is 66.4 Å². The second-order valence-corrected chi connectivity index (χ2v) is 12.0. The largest absolute Gasteiger partial charge is 0.487 e. The molecule has 0 spiro atoms. The molecule has 0 aliphatic carbocycles. The Hall–Kier alpha value is -4.55. The third kappa shape index (κ3) is 5.26. The Kier molecular flexibility index (Phi) is 7.25. The highest BCUT2D eigenvalue weighted by atomic mass is 16.5. The van der Waals surface area contributed by atoms with Crippen LogP contribution in [0.5, 0.6) is 5.75 Å². The summed E-state index contributed by atoms with van der Waals surface area (Å²) in [6.45, 7) is 9.74. The number of hydrogen-bond donors (Lipinski definition) is 2. The number of carbonyl (C=O) groups is 1. The molecule has 4 aromatic rings. The minimum atomic E-state index is -0.947. The monoisotopic (exact) mass is 565 g/mol. The lowest BCUT2D eigenvalue weighted by Crippen LogP contribution is -2.48. The van der Waals surface area contributed by atoms with Gasteiger partial charge in [0.25, 0.3) is 0 Å². The maximum atomic E-state index is 11.9. The zero-order chi connectivity index (χ0) is 29.4. The fraction of sp³-hybridized carbons (Fsp3) is 0.364. The van der Waals surface area contributed by atoms with Gasteiger partial charge in [0, 0.05) is 49.0 Å². The number of pyridine rings is 1. The van der Waals surface area contributed by atoms with Crippen LogP contribution in [-0.2, 0) is 4.74 Å². The molecule has 2 aliphatic rings. The number of anilines is 1. The van der Waals surface area contributed by atoms with Crippen LogP contribution in [0, 0.1) is 16.7 Å². The number of hydrogen-bond acceptors (Lipinski definition) is 6. The third-order valence-corrected chi connectivity index (χ3v) is 8.25. The van der Waals surface area contributed by atoms with E-state index in [1.807, 2.05) is 45.0 Å². The molecule has 2 atom stereocenters. The number of likely N-dealkylation sites (tertiary alicyclic amines) is 1. The maximum Gasteiger partial charge on any atom is 0.407 e. The lowest BCUT2D eigenvalue weighted by atomic mass is 9.83. The fourth-order valence-electron chi connectivity index (χ4n) is 6.29. The lowest BCUT2D eigenvalue weighted by molar-refractivity contribution is 0.0571. The number of morpholine rings is 1. The topological polar surface area (TPSA) is 115 Å². The molecule has 42 heavy (non-hydrogen) atoms. The first-order valence-corrected chi connectivity index (χ1v) is 14.3. The number of carboxylic acid groups (broad SMARTS) is 1. The van der Waals surface area contributed by atoms with Gasteiger partial charge in [-0.15, -0.1) is 0 Å². The Morgan fingerprint density at radius 3 is 2.50 bits per heavy atom. The summed E-state index contributed by atoms with van der Waals surface area (Å²) in [5.41, 5.74) is 5.93. The van der Waals surface area contributed by atoms with Crippen LogP contribution < -0.4 is 9.64 Å². The summed E-state index contributed by atoms with van der Waals surface area (Å²) in [6, 6.07) is 20.2. The molecule has 0 saturated carbocycles. The van der Waals surface area contributed by atoms with Crippen LogP contribution >= 0.6 is 0 Å². The molecule has 1 unspecified atom stereocenters. The lowest BCUT2D eigenvalue weighted by Gasteiger charge is -2.36. The van der Waals surface area contributed by atoms with Crippen molar-refractivity contribution in [3.8, 4) is 34.2 Å². The molecule has 2 fully saturated rings. The zero-order valence-corrected chi connectivity index (χ0v) is 24.1. The summed E-state index contributed by atoms with van der Waals surface area (Å²) < 4.78 is 11.8. The van der Waals surface area contributed by atoms with E-state index in [4.69, 9.17) is 9.47 Å². The minimum Gasteiger partial charge on any atom is -0.487 e. The molecule has 9 heteroatoms. The third-order valence-electron chi connectivity index (χ3n) is 8.25. The van der Waals surface area contributed by atoms with Crippen LogP contribution in [0.4, 0.5) is 10.5 Å². The van der Waals surface area contributed by atoms with Crippen molar-refractivity contribution in [1.82, 2.24) is 14.9 Å². The van der Waals surface area contributed by atoms with Crippen LogP contribution in [0.2, 0.25) is 0 Å². The van der Waals surface area contributed by atoms with Gasteiger partial charge in [-0.25, -0.2) is 9.78 Å². The van der Waals surface area contributed by atoms with E-state index in [0.717, 1.165) is 59.7 Å². The quantitative estimate of drug-likeness (QED) is 0.298. The van der Waals surface area contributed by atoms with E-state index in [1.165, 1.54) is 10.6 Å². The van der Waals surface area contributed by atoms with E-state index in [1.54, 1.807) is 6.20 Å². The van der Waals surface area contributed by atoms with Gasteiger partial charge in [0.2, 0.25) is 0 Å². The Morgan fingerprint density at radius 2 is 1.81 bits per heavy atom. The van der Waals surface area contributed by atoms with Crippen molar-refractivity contribution in [2.75, 3.05) is 37.7 Å². The highest BCUT2D eigenvalue weighted by molar-refractivity contribution is 5.96. The van der Waals surface area contributed by atoms with Gasteiger partial charge in [-0.2, -0.15) is 5.26 Å². The van der Waals surface area contributed by atoms with Crippen molar-refractivity contribution in [2.24, 2.45) is 5.41 Å². The molecule has 2 aromatic heterocycles. The molecule has 216 valence electrons. The number of fused-ring (bicyclic) bond motifs is 1. The average Bonchev–Trinajstić information content (AvgIpc) is 3.63. The van der Waals surface area contributed by atoms with E-state index in [9.17, 15) is 15.2 Å². The van der Waals surface area contributed by atoms with E-state index in [-0.39, 0.29) is 17.6 Å². The fourth-order valence-corrected chi connectivity index (χ4v) is 6.29. The van der Waals surface area contributed by atoms with Gasteiger partial charge >= 0.3 is 6.09 Å². The summed E-state index contributed by atoms with van der Waals surface area (Å²) in [5.74, 6) is 0.466. The summed E-state index contributed by atoms with van der Waals surface area (Å²) in [5, 5.41) is 20.7. The Morgan fingerprint density at radius 1 is 1.07 bits per heavy atom. The van der Waals surface area contributed by atoms with Gasteiger partial charge in [-0.1, -0.05) is 39.0 Å². The number of H-pyrrole nitrogens is 1. The second kappa shape index (κ2) is 11.0. The molecular formula is C33H35N5O4. The van der Waals surface area contributed by atoms with Gasteiger partial charge in [-0.3, -0.25) is 0 Å².